The lowest BCUT2D eigenvalue weighted by atomic mass is 9.72. The van der Waals surface area contributed by atoms with Gasteiger partial charge >= 0.3 is 0 Å². The quantitative estimate of drug-likeness (QED) is 0.752. The number of rotatable bonds is 6. The highest BCUT2D eigenvalue weighted by Gasteiger charge is 2.46. The fourth-order valence-corrected chi connectivity index (χ4v) is 4.76. The summed E-state index contributed by atoms with van der Waals surface area (Å²) in [5, 5.41) is 0. The van der Waals surface area contributed by atoms with Crippen molar-refractivity contribution >= 4 is 0 Å². The third kappa shape index (κ3) is 4.09. The molecule has 0 aromatic heterocycles. The molecule has 2 unspecified atom stereocenters. The van der Waals surface area contributed by atoms with Crippen LogP contribution in [-0.2, 0) is 14.2 Å². The fraction of sp³-hybridized carbons (Fsp3) is 1.00. The maximum atomic E-state index is 6.17. The van der Waals surface area contributed by atoms with Crippen molar-refractivity contribution in [1.29, 1.82) is 0 Å². The molecule has 4 nitrogen and oxygen atoms in total. The van der Waals surface area contributed by atoms with Crippen molar-refractivity contribution in [3.63, 3.8) is 0 Å². The largest absolute Gasteiger partial charge is 0.381 e. The number of hydrogen-bond acceptors (Lipinski definition) is 4. The maximum Gasteiger partial charge on any atom is 0.0677 e. The molecule has 132 valence electrons. The van der Waals surface area contributed by atoms with Crippen LogP contribution < -0.4 is 0 Å². The first-order valence-electron chi connectivity index (χ1n) is 9.83. The van der Waals surface area contributed by atoms with Crippen molar-refractivity contribution in [3.05, 3.63) is 0 Å². The van der Waals surface area contributed by atoms with Gasteiger partial charge in [0.15, 0.2) is 0 Å². The second-order valence-corrected chi connectivity index (χ2v) is 8.36. The van der Waals surface area contributed by atoms with Gasteiger partial charge in [0.05, 0.1) is 12.7 Å². The van der Waals surface area contributed by atoms with E-state index >= 15 is 0 Å². The van der Waals surface area contributed by atoms with Crippen LogP contribution in [0.4, 0.5) is 0 Å². The van der Waals surface area contributed by atoms with Gasteiger partial charge < -0.3 is 19.1 Å². The van der Waals surface area contributed by atoms with E-state index in [-0.39, 0.29) is 5.41 Å². The van der Waals surface area contributed by atoms with Gasteiger partial charge in [-0.1, -0.05) is 0 Å². The van der Waals surface area contributed by atoms with Crippen LogP contribution in [0.2, 0.25) is 0 Å². The van der Waals surface area contributed by atoms with Crippen LogP contribution in [0.1, 0.15) is 44.9 Å². The number of nitrogens with zero attached hydrogens (tertiary/aromatic N) is 1. The zero-order valence-corrected chi connectivity index (χ0v) is 14.5. The molecule has 0 aromatic rings. The topological polar surface area (TPSA) is 30.9 Å². The predicted molar refractivity (Wildman–Crippen MR) is 89.6 cm³/mol. The third-order valence-electron chi connectivity index (χ3n) is 6.36. The van der Waals surface area contributed by atoms with Gasteiger partial charge in [-0.05, 0) is 56.8 Å². The van der Waals surface area contributed by atoms with Gasteiger partial charge in [-0.25, -0.2) is 0 Å². The first-order chi connectivity index (χ1) is 11.3. The molecule has 0 aromatic carbocycles. The van der Waals surface area contributed by atoms with Gasteiger partial charge in [0.1, 0.15) is 0 Å². The second kappa shape index (κ2) is 7.38. The molecule has 0 bridgehead atoms. The van der Waals surface area contributed by atoms with Crippen molar-refractivity contribution in [2.24, 2.45) is 17.3 Å². The van der Waals surface area contributed by atoms with Gasteiger partial charge in [0.2, 0.25) is 0 Å². The normalized spacial score (nSPS) is 36.8. The molecule has 0 radical (unpaired) electrons. The summed E-state index contributed by atoms with van der Waals surface area (Å²) in [7, 11) is 0. The monoisotopic (exact) mass is 323 g/mol. The Kier molecular flexibility index (Phi) is 5.24. The standard InChI is InChI=1S/C19H33NO3/c1-7-19(15-22-13-17-2-3-17)14-20(8-4-18(19)23-9-1)12-16-5-10-21-11-6-16/h16-18H,1-15H2. The van der Waals surface area contributed by atoms with Gasteiger partial charge in [0, 0.05) is 51.5 Å². The molecule has 0 amide bonds. The molecule has 4 fully saturated rings. The summed E-state index contributed by atoms with van der Waals surface area (Å²) in [5.74, 6) is 1.69. The van der Waals surface area contributed by atoms with Crippen molar-refractivity contribution in [2.45, 2.75) is 51.0 Å². The van der Waals surface area contributed by atoms with Crippen molar-refractivity contribution < 1.29 is 14.2 Å². The Morgan fingerprint density at radius 3 is 2.70 bits per heavy atom. The van der Waals surface area contributed by atoms with E-state index in [9.17, 15) is 0 Å². The average Bonchev–Trinajstić information content (AvgIpc) is 3.40. The van der Waals surface area contributed by atoms with E-state index < -0.39 is 0 Å². The minimum atomic E-state index is 0.260. The smallest absolute Gasteiger partial charge is 0.0677 e. The highest BCUT2D eigenvalue weighted by Crippen LogP contribution is 2.41. The number of likely N-dealkylation sites (tertiary alicyclic amines) is 1. The number of piperidine rings is 1. The maximum absolute atomic E-state index is 6.17. The zero-order valence-electron chi connectivity index (χ0n) is 14.5. The van der Waals surface area contributed by atoms with Crippen LogP contribution in [-0.4, -0.2) is 63.7 Å². The molecule has 2 atom stereocenters. The van der Waals surface area contributed by atoms with Crippen molar-refractivity contribution in [3.8, 4) is 0 Å². The minimum absolute atomic E-state index is 0.260. The van der Waals surface area contributed by atoms with E-state index in [2.05, 4.69) is 4.90 Å². The third-order valence-corrected chi connectivity index (χ3v) is 6.36. The van der Waals surface area contributed by atoms with E-state index in [1.165, 1.54) is 64.6 Å². The molecule has 1 saturated carbocycles. The Morgan fingerprint density at radius 2 is 1.87 bits per heavy atom. The van der Waals surface area contributed by atoms with E-state index in [1.807, 2.05) is 0 Å². The molecule has 3 heterocycles. The van der Waals surface area contributed by atoms with E-state index in [1.54, 1.807) is 0 Å². The Labute approximate surface area is 140 Å². The van der Waals surface area contributed by atoms with Crippen LogP contribution in [0.25, 0.3) is 0 Å². The molecular weight excluding hydrogens is 290 g/mol. The SMILES string of the molecule is C1COC2CCN(CC3CCOCC3)CC2(COCC2CC2)C1. The minimum Gasteiger partial charge on any atom is -0.381 e. The van der Waals surface area contributed by atoms with Crippen LogP contribution >= 0.6 is 0 Å². The van der Waals surface area contributed by atoms with Crippen LogP contribution in [0.15, 0.2) is 0 Å². The van der Waals surface area contributed by atoms with Gasteiger partial charge in [-0.3, -0.25) is 0 Å². The van der Waals surface area contributed by atoms with Crippen LogP contribution in [0.3, 0.4) is 0 Å². The molecule has 4 heteroatoms. The van der Waals surface area contributed by atoms with Crippen LogP contribution in [0, 0.1) is 17.3 Å². The summed E-state index contributed by atoms with van der Waals surface area (Å²) < 4.78 is 17.9. The Bertz CT molecular complexity index is 381. The van der Waals surface area contributed by atoms with Gasteiger partial charge in [0.25, 0.3) is 0 Å². The Morgan fingerprint density at radius 1 is 1.00 bits per heavy atom. The molecule has 3 aliphatic heterocycles. The zero-order chi connectivity index (χ0) is 15.5. The van der Waals surface area contributed by atoms with E-state index in [0.717, 1.165) is 44.9 Å². The molecule has 23 heavy (non-hydrogen) atoms. The van der Waals surface area contributed by atoms with Crippen LogP contribution in [0.5, 0.6) is 0 Å². The van der Waals surface area contributed by atoms with Gasteiger partial charge in [-0.2, -0.15) is 0 Å². The summed E-state index contributed by atoms with van der Waals surface area (Å²) >= 11 is 0. The summed E-state index contributed by atoms with van der Waals surface area (Å²) in [5.41, 5.74) is 0.260. The Hall–Kier alpha value is -0.160. The lowest BCUT2D eigenvalue weighted by molar-refractivity contribution is -0.155. The predicted octanol–water partition coefficient (Wildman–Crippen LogP) is 2.71. The molecule has 1 aliphatic carbocycles. The highest BCUT2D eigenvalue weighted by atomic mass is 16.5. The summed E-state index contributed by atoms with van der Waals surface area (Å²) in [6.07, 6.45) is 9.34. The fourth-order valence-electron chi connectivity index (χ4n) is 4.76. The van der Waals surface area contributed by atoms with Crippen molar-refractivity contribution in [2.75, 3.05) is 52.7 Å². The van der Waals surface area contributed by atoms with Crippen molar-refractivity contribution in [1.82, 2.24) is 4.90 Å². The molecule has 0 N–H and O–H groups in total. The molecule has 4 rings (SSSR count). The van der Waals surface area contributed by atoms with E-state index in [4.69, 9.17) is 14.2 Å². The lowest BCUT2D eigenvalue weighted by Gasteiger charge is -2.51. The summed E-state index contributed by atoms with van der Waals surface area (Å²) in [4.78, 5) is 2.71. The molecule has 3 saturated heterocycles. The van der Waals surface area contributed by atoms with Gasteiger partial charge in [-0.15, -0.1) is 0 Å². The molecule has 4 aliphatic rings. The Balaban J connectivity index is 1.35. The highest BCUT2D eigenvalue weighted by molar-refractivity contribution is 4.97. The second-order valence-electron chi connectivity index (χ2n) is 8.36. The number of ether oxygens (including phenoxy) is 3. The van der Waals surface area contributed by atoms with E-state index in [0.29, 0.717) is 6.10 Å². The summed E-state index contributed by atoms with van der Waals surface area (Å²) in [6, 6.07) is 0. The number of fused-ring (bicyclic) bond motifs is 1. The number of hydrogen-bond donors (Lipinski definition) is 0. The first kappa shape index (κ1) is 16.3. The molecule has 0 spiro atoms. The first-order valence-corrected chi connectivity index (χ1v) is 9.83. The molecular formula is C19H33NO3. The lowest BCUT2D eigenvalue weighted by Crippen LogP contribution is -2.57. The summed E-state index contributed by atoms with van der Waals surface area (Å²) in [6.45, 7) is 8.40. The average molecular weight is 323 g/mol.